The predicted octanol–water partition coefficient (Wildman–Crippen LogP) is 3.66. The first-order valence-electron chi connectivity index (χ1n) is 11.0. The van der Waals surface area contributed by atoms with Crippen LogP contribution in [0.2, 0.25) is 0 Å². The first-order chi connectivity index (χ1) is 15.2. The lowest BCUT2D eigenvalue weighted by atomic mass is 10.0. The highest BCUT2D eigenvalue weighted by molar-refractivity contribution is 6.05. The van der Waals surface area contributed by atoms with Gasteiger partial charge in [0.1, 0.15) is 12.3 Å². The van der Waals surface area contributed by atoms with E-state index in [4.69, 9.17) is 14.2 Å². The molecule has 3 rings (SSSR count). The van der Waals surface area contributed by atoms with Gasteiger partial charge in [0, 0.05) is 6.54 Å². The molecule has 0 saturated heterocycles. The minimum Gasteiger partial charge on any atom is -0.490 e. The second-order valence-corrected chi connectivity index (χ2v) is 8.22. The molecule has 0 unspecified atom stereocenters. The van der Waals surface area contributed by atoms with Gasteiger partial charge in [-0.05, 0) is 76.4 Å². The number of rotatable bonds is 9. The number of amides is 2. The summed E-state index contributed by atoms with van der Waals surface area (Å²) in [5.74, 6) is 1.56. The molecule has 0 bridgehead atoms. The van der Waals surface area contributed by atoms with Gasteiger partial charge in [-0.15, -0.1) is 0 Å². The summed E-state index contributed by atoms with van der Waals surface area (Å²) in [6.07, 6.45) is 0.635. The first-order valence-corrected chi connectivity index (χ1v) is 11.0. The number of fused-ring (bicyclic) bond motifs is 1. The van der Waals surface area contributed by atoms with Crippen molar-refractivity contribution >= 4 is 17.5 Å². The van der Waals surface area contributed by atoms with Crippen LogP contribution in [0.1, 0.15) is 38.8 Å². The molecule has 2 aromatic rings. The van der Waals surface area contributed by atoms with Crippen LogP contribution in [-0.2, 0) is 16.0 Å². The lowest BCUT2D eigenvalue weighted by molar-refractivity contribution is -0.134. The van der Waals surface area contributed by atoms with Crippen molar-refractivity contribution in [1.82, 2.24) is 5.32 Å². The SMILES string of the molecule is CCOc1ccc(CCNC(=O)CN2C(=O)C(C)(C)Oc3ccc(C)cc32)cc1OCC. The molecule has 1 heterocycles. The van der Waals surface area contributed by atoms with Crippen LogP contribution in [0, 0.1) is 6.92 Å². The van der Waals surface area contributed by atoms with Crippen LogP contribution in [0.15, 0.2) is 36.4 Å². The van der Waals surface area contributed by atoms with Crippen molar-refractivity contribution in [3.8, 4) is 17.2 Å². The average Bonchev–Trinajstić information content (AvgIpc) is 2.74. The standard InChI is InChI=1S/C25H32N2O5/c1-6-30-21-11-9-18(15-22(21)31-7-2)12-13-26-23(28)16-27-19-14-17(3)8-10-20(19)32-25(4,5)24(27)29/h8-11,14-15H,6-7,12-13,16H2,1-5H3,(H,26,28). The molecule has 0 saturated carbocycles. The number of nitrogens with one attached hydrogen (secondary N) is 1. The Morgan fingerprint density at radius 2 is 1.78 bits per heavy atom. The molecule has 2 amide bonds. The lowest BCUT2D eigenvalue weighted by Gasteiger charge is -2.38. The molecule has 2 aromatic carbocycles. The third kappa shape index (κ3) is 5.33. The topological polar surface area (TPSA) is 77.1 Å². The van der Waals surface area contributed by atoms with E-state index in [1.54, 1.807) is 13.8 Å². The zero-order chi connectivity index (χ0) is 23.3. The summed E-state index contributed by atoms with van der Waals surface area (Å²) in [5, 5.41) is 2.92. The summed E-state index contributed by atoms with van der Waals surface area (Å²) >= 11 is 0. The zero-order valence-electron chi connectivity index (χ0n) is 19.5. The van der Waals surface area contributed by atoms with Crippen LogP contribution in [-0.4, -0.2) is 43.7 Å². The van der Waals surface area contributed by atoms with Crippen molar-refractivity contribution in [1.29, 1.82) is 0 Å². The lowest BCUT2D eigenvalue weighted by Crippen LogP contribution is -2.55. The number of carbonyl (C=O) groups is 2. The quantitative estimate of drug-likeness (QED) is 0.644. The Labute approximate surface area is 189 Å². The number of nitrogens with zero attached hydrogens (tertiary/aromatic N) is 1. The van der Waals surface area contributed by atoms with Gasteiger partial charge in [0.25, 0.3) is 5.91 Å². The van der Waals surface area contributed by atoms with Gasteiger partial charge in [0.2, 0.25) is 5.91 Å². The predicted molar refractivity (Wildman–Crippen MR) is 124 cm³/mol. The highest BCUT2D eigenvalue weighted by Gasteiger charge is 2.41. The van der Waals surface area contributed by atoms with Crippen molar-refractivity contribution in [3.05, 3.63) is 47.5 Å². The molecule has 32 heavy (non-hydrogen) atoms. The molecule has 0 aliphatic carbocycles. The summed E-state index contributed by atoms with van der Waals surface area (Å²) in [5.41, 5.74) is 1.62. The Bertz CT molecular complexity index is 986. The normalized spacial score (nSPS) is 14.4. The summed E-state index contributed by atoms with van der Waals surface area (Å²) in [7, 11) is 0. The van der Waals surface area contributed by atoms with Gasteiger partial charge in [0.15, 0.2) is 17.1 Å². The molecular weight excluding hydrogens is 408 g/mol. The van der Waals surface area contributed by atoms with Crippen molar-refractivity contribution in [2.75, 3.05) is 31.2 Å². The Balaban J connectivity index is 1.63. The van der Waals surface area contributed by atoms with Crippen LogP contribution in [0.25, 0.3) is 0 Å². The fourth-order valence-corrected chi connectivity index (χ4v) is 3.63. The average molecular weight is 441 g/mol. The monoisotopic (exact) mass is 440 g/mol. The Hall–Kier alpha value is -3.22. The van der Waals surface area contributed by atoms with E-state index in [1.165, 1.54) is 4.90 Å². The molecule has 0 atom stereocenters. The number of ether oxygens (including phenoxy) is 3. The third-order valence-electron chi connectivity index (χ3n) is 5.18. The third-order valence-corrected chi connectivity index (χ3v) is 5.18. The van der Waals surface area contributed by atoms with Crippen LogP contribution in [0.4, 0.5) is 5.69 Å². The van der Waals surface area contributed by atoms with Crippen molar-refractivity contribution in [2.24, 2.45) is 0 Å². The summed E-state index contributed by atoms with van der Waals surface area (Å²) < 4.78 is 17.1. The second-order valence-electron chi connectivity index (χ2n) is 8.22. The summed E-state index contributed by atoms with van der Waals surface area (Å²) in [4.78, 5) is 27.1. The molecule has 1 N–H and O–H groups in total. The zero-order valence-corrected chi connectivity index (χ0v) is 19.5. The molecule has 7 heteroatoms. The fourth-order valence-electron chi connectivity index (χ4n) is 3.63. The van der Waals surface area contributed by atoms with Gasteiger partial charge < -0.3 is 19.5 Å². The highest BCUT2D eigenvalue weighted by Crippen LogP contribution is 2.38. The van der Waals surface area contributed by atoms with Crippen LogP contribution >= 0.6 is 0 Å². The molecule has 7 nitrogen and oxygen atoms in total. The van der Waals surface area contributed by atoms with E-state index < -0.39 is 5.60 Å². The number of anilines is 1. The number of hydrogen-bond acceptors (Lipinski definition) is 5. The van der Waals surface area contributed by atoms with Gasteiger partial charge in [0.05, 0.1) is 18.9 Å². The van der Waals surface area contributed by atoms with Crippen LogP contribution < -0.4 is 24.4 Å². The molecule has 0 fully saturated rings. The molecule has 1 aliphatic rings. The number of hydrogen-bond donors (Lipinski definition) is 1. The number of carbonyl (C=O) groups excluding carboxylic acids is 2. The molecular formula is C25H32N2O5. The molecule has 172 valence electrons. The largest absolute Gasteiger partial charge is 0.490 e. The summed E-state index contributed by atoms with van der Waals surface area (Å²) in [6, 6.07) is 11.4. The molecule has 0 spiro atoms. The minimum absolute atomic E-state index is 0.0600. The maximum atomic E-state index is 12.9. The molecule has 0 radical (unpaired) electrons. The number of aryl methyl sites for hydroxylation is 1. The van der Waals surface area contributed by atoms with E-state index in [1.807, 2.05) is 57.2 Å². The molecule has 1 aliphatic heterocycles. The molecule has 0 aromatic heterocycles. The van der Waals surface area contributed by atoms with E-state index in [0.29, 0.717) is 49.1 Å². The van der Waals surface area contributed by atoms with Gasteiger partial charge in [-0.2, -0.15) is 0 Å². The smallest absolute Gasteiger partial charge is 0.271 e. The van der Waals surface area contributed by atoms with Crippen LogP contribution in [0.3, 0.4) is 0 Å². The van der Waals surface area contributed by atoms with E-state index in [0.717, 1.165) is 11.1 Å². The maximum Gasteiger partial charge on any atom is 0.271 e. The van der Waals surface area contributed by atoms with Crippen molar-refractivity contribution < 1.29 is 23.8 Å². The fraction of sp³-hybridized carbons (Fsp3) is 0.440. The van der Waals surface area contributed by atoms with Gasteiger partial charge >= 0.3 is 0 Å². The van der Waals surface area contributed by atoms with E-state index in [9.17, 15) is 9.59 Å². The van der Waals surface area contributed by atoms with Gasteiger partial charge in [-0.3, -0.25) is 14.5 Å². The number of benzene rings is 2. The van der Waals surface area contributed by atoms with E-state index in [2.05, 4.69) is 5.32 Å². The van der Waals surface area contributed by atoms with Crippen molar-refractivity contribution in [2.45, 2.75) is 46.6 Å². The Morgan fingerprint density at radius 3 is 2.50 bits per heavy atom. The van der Waals surface area contributed by atoms with E-state index in [-0.39, 0.29) is 18.4 Å². The minimum atomic E-state index is -1.03. The second kappa shape index (κ2) is 9.94. The summed E-state index contributed by atoms with van der Waals surface area (Å²) in [6.45, 7) is 10.7. The van der Waals surface area contributed by atoms with Gasteiger partial charge in [-0.25, -0.2) is 0 Å². The van der Waals surface area contributed by atoms with Gasteiger partial charge in [-0.1, -0.05) is 12.1 Å². The van der Waals surface area contributed by atoms with Crippen molar-refractivity contribution in [3.63, 3.8) is 0 Å². The maximum absolute atomic E-state index is 12.9. The Morgan fingerprint density at radius 1 is 1.06 bits per heavy atom. The first kappa shape index (κ1) is 23.4. The van der Waals surface area contributed by atoms with Crippen LogP contribution in [0.5, 0.6) is 17.2 Å². The Kier molecular flexibility index (Phi) is 7.28. The van der Waals surface area contributed by atoms with E-state index >= 15 is 0 Å². The highest BCUT2D eigenvalue weighted by atomic mass is 16.5.